The SMILES string of the molecule is COC(=O)[C@@H](C)CNCc1cccs1. The lowest BCUT2D eigenvalue weighted by molar-refractivity contribution is -0.144. The molecule has 14 heavy (non-hydrogen) atoms. The molecule has 0 aliphatic carbocycles. The lowest BCUT2D eigenvalue weighted by Gasteiger charge is -2.09. The maximum absolute atomic E-state index is 11.0. The third-order valence-electron chi connectivity index (χ3n) is 1.93. The van der Waals surface area contributed by atoms with Gasteiger partial charge in [0, 0.05) is 18.0 Å². The van der Waals surface area contributed by atoms with Gasteiger partial charge >= 0.3 is 5.97 Å². The van der Waals surface area contributed by atoms with Crippen molar-refractivity contribution < 1.29 is 9.53 Å². The van der Waals surface area contributed by atoms with Crippen molar-refractivity contribution in [3.05, 3.63) is 22.4 Å². The molecule has 1 aromatic heterocycles. The van der Waals surface area contributed by atoms with Crippen molar-refractivity contribution in [2.75, 3.05) is 13.7 Å². The van der Waals surface area contributed by atoms with Gasteiger partial charge < -0.3 is 10.1 Å². The number of rotatable bonds is 5. The molecule has 0 unspecified atom stereocenters. The number of carbonyl (C=O) groups excluding carboxylic acids is 1. The first-order valence-corrected chi connectivity index (χ1v) is 5.43. The van der Waals surface area contributed by atoms with Gasteiger partial charge in [0.15, 0.2) is 0 Å². The van der Waals surface area contributed by atoms with E-state index in [1.165, 1.54) is 12.0 Å². The summed E-state index contributed by atoms with van der Waals surface area (Å²) in [6.07, 6.45) is 0. The lowest BCUT2D eigenvalue weighted by Crippen LogP contribution is -2.26. The third-order valence-corrected chi connectivity index (χ3v) is 2.81. The van der Waals surface area contributed by atoms with Crippen LogP contribution in [0.1, 0.15) is 11.8 Å². The summed E-state index contributed by atoms with van der Waals surface area (Å²) in [5, 5.41) is 5.25. The minimum Gasteiger partial charge on any atom is -0.469 e. The van der Waals surface area contributed by atoms with Crippen LogP contribution in [0.2, 0.25) is 0 Å². The minimum atomic E-state index is -0.163. The Bertz CT molecular complexity index is 272. The van der Waals surface area contributed by atoms with Crippen LogP contribution in [0.15, 0.2) is 17.5 Å². The van der Waals surface area contributed by atoms with Crippen LogP contribution in [0.3, 0.4) is 0 Å². The molecule has 1 heterocycles. The van der Waals surface area contributed by atoms with E-state index in [1.54, 1.807) is 11.3 Å². The predicted molar refractivity (Wildman–Crippen MR) is 57.2 cm³/mol. The zero-order valence-electron chi connectivity index (χ0n) is 8.45. The van der Waals surface area contributed by atoms with E-state index in [9.17, 15) is 4.79 Å². The first kappa shape index (κ1) is 11.2. The Morgan fingerprint density at radius 2 is 2.50 bits per heavy atom. The Labute approximate surface area is 88.1 Å². The van der Waals surface area contributed by atoms with Crippen LogP contribution in [-0.2, 0) is 16.1 Å². The number of nitrogens with one attached hydrogen (secondary N) is 1. The van der Waals surface area contributed by atoms with Gasteiger partial charge in [-0.3, -0.25) is 4.79 Å². The van der Waals surface area contributed by atoms with Gasteiger partial charge in [-0.2, -0.15) is 0 Å². The topological polar surface area (TPSA) is 38.3 Å². The number of hydrogen-bond donors (Lipinski definition) is 1. The Kier molecular flexibility index (Phi) is 4.62. The van der Waals surface area contributed by atoms with E-state index in [0.29, 0.717) is 6.54 Å². The van der Waals surface area contributed by atoms with Gasteiger partial charge in [0.05, 0.1) is 13.0 Å². The average molecular weight is 213 g/mol. The molecule has 0 fully saturated rings. The molecule has 0 aliphatic rings. The van der Waals surface area contributed by atoms with E-state index in [-0.39, 0.29) is 11.9 Å². The maximum atomic E-state index is 11.0. The Morgan fingerprint density at radius 3 is 3.07 bits per heavy atom. The van der Waals surface area contributed by atoms with E-state index in [2.05, 4.69) is 16.1 Å². The molecule has 1 N–H and O–H groups in total. The first-order valence-electron chi connectivity index (χ1n) is 4.55. The van der Waals surface area contributed by atoms with Crippen molar-refractivity contribution in [3.63, 3.8) is 0 Å². The number of methoxy groups -OCH3 is 1. The van der Waals surface area contributed by atoms with Crippen molar-refractivity contribution in [2.45, 2.75) is 13.5 Å². The van der Waals surface area contributed by atoms with Crippen molar-refractivity contribution in [3.8, 4) is 0 Å². The predicted octanol–water partition coefficient (Wildman–Crippen LogP) is 1.65. The van der Waals surface area contributed by atoms with Crippen LogP contribution in [0.4, 0.5) is 0 Å². The molecule has 0 aliphatic heterocycles. The molecule has 0 saturated carbocycles. The maximum Gasteiger partial charge on any atom is 0.309 e. The Morgan fingerprint density at radius 1 is 1.71 bits per heavy atom. The molecule has 0 spiro atoms. The van der Waals surface area contributed by atoms with Gasteiger partial charge in [-0.1, -0.05) is 13.0 Å². The molecule has 1 rings (SSSR count). The van der Waals surface area contributed by atoms with Gasteiger partial charge in [0.1, 0.15) is 0 Å². The van der Waals surface area contributed by atoms with Crippen LogP contribution in [0, 0.1) is 5.92 Å². The summed E-state index contributed by atoms with van der Waals surface area (Å²) in [7, 11) is 1.41. The average Bonchev–Trinajstić information content (AvgIpc) is 2.69. The molecule has 3 nitrogen and oxygen atoms in total. The van der Waals surface area contributed by atoms with E-state index in [1.807, 2.05) is 18.4 Å². The molecule has 0 radical (unpaired) electrons. The first-order chi connectivity index (χ1) is 6.74. The summed E-state index contributed by atoms with van der Waals surface area (Å²) < 4.78 is 4.62. The fraction of sp³-hybridized carbons (Fsp3) is 0.500. The lowest BCUT2D eigenvalue weighted by atomic mass is 10.2. The Balaban J connectivity index is 2.18. The quantitative estimate of drug-likeness (QED) is 0.756. The minimum absolute atomic E-state index is 0.0834. The standard InChI is InChI=1S/C10H15NO2S/c1-8(10(12)13-2)6-11-7-9-4-3-5-14-9/h3-5,8,11H,6-7H2,1-2H3/t8-/m0/s1. The number of hydrogen-bond acceptors (Lipinski definition) is 4. The summed E-state index contributed by atoms with van der Waals surface area (Å²) in [5.74, 6) is -0.247. The number of carbonyl (C=O) groups is 1. The van der Waals surface area contributed by atoms with Crippen molar-refractivity contribution in [1.29, 1.82) is 0 Å². The number of ether oxygens (including phenoxy) is 1. The van der Waals surface area contributed by atoms with Gasteiger partial charge in [-0.15, -0.1) is 11.3 Å². The second-order valence-electron chi connectivity index (χ2n) is 3.13. The molecular weight excluding hydrogens is 198 g/mol. The summed E-state index contributed by atoms with van der Waals surface area (Å²) in [4.78, 5) is 12.3. The summed E-state index contributed by atoms with van der Waals surface area (Å²) in [5.41, 5.74) is 0. The fourth-order valence-corrected chi connectivity index (χ4v) is 1.78. The normalized spacial score (nSPS) is 12.4. The largest absolute Gasteiger partial charge is 0.469 e. The third kappa shape index (κ3) is 3.47. The smallest absolute Gasteiger partial charge is 0.309 e. The molecule has 0 amide bonds. The molecule has 1 aromatic rings. The highest BCUT2D eigenvalue weighted by Gasteiger charge is 2.11. The van der Waals surface area contributed by atoms with Gasteiger partial charge in [-0.25, -0.2) is 0 Å². The summed E-state index contributed by atoms with van der Waals surface area (Å²) >= 11 is 1.71. The van der Waals surface area contributed by atoms with Crippen molar-refractivity contribution >= 4 is 17.3 Å². The fourth-order valence-electron chi connectivity index (χ4n) is 1.11. The van der Waals surface area contributed by atoms with E-state index in [0.717, 1.165) is 6.54 Å². The van der Waals surface area contributed by atoms with Crippen LogP contribution in [0.5, 0.6) is 0 Å². The van der Waals surface area contributed by atoms with Gasteiger partial charge in [0.2, 0.25) is 0 Å². The zero-order chi connectivity index (χ0) is 10.4. The van der Waals surface area contributed by atoms with E-state index >= 15 is 0 Å². The highest BCUT2D eigenvalue weighted by molar-refractivity contribution is 7.09. The summed E-state index contributed by atoms with van der Waals surface area (Å²) in [6, 6.07) is 4.09. The zero-order valence-corrected chi connectivity index (χ0v) is 9.26. The second kappa shape index (κ2) is 5.78. The van der Waals surface area contributed by atoms with Crippen LogP contribution in [-0.4, -0.2) is 19.6 Å². The molecule has 0 bridgehead atoms. The number of thiophene rings is 1. The highest BCUT2D eigenvalue weighted by Crippen LogP contribution is 2.07. The summed E-state index contributed by atoms with van der Waals surface area (Å²) in [6.45, 7) is 3.33. The van der Waals surface area contributed by atoms with Crippen molar-refractivity contribution in [2.24, 2.45) is 5.92 Å². The number of esters is 1. The van der Waals surface area contributed by atoms with Gasteiger partial charge in [0.25, 0.3) is 0 Å². The Hall–Kier alpha value is -0.870. The van der Waals surface area contributed by atoms with Gasteiger partial charge in [-0.05, 0) is 11.4 Å². The molecule has 1 atom stereocenters. The van der Waals surface area contributed by atoms with Crippen LogP contribution < -0.4 is 5.32 Å². The molecule has 78 valence electrons. The van der Waals surface area contributed by atoms with Crippen molar-refractivity contribution in [1.82, 2.24) is 5.32 Å². The molecule has 0 aromatic carbocycles. The van der Waals surface area contributed by atoms with E-state index < -0.39 is 0 Å². The molecule has 0 saturated heterocycles. The molecule has 4 heteroatoms. The van der Waals surface area contributed by atoms with Crippen LogP contribution in [0.25, 0.3) is 0 Å². The van der Waals surface area contributed by atoms with E-state index in [4.69, 9.17) is 0 Å². The molecular formula is C10H15NO2S. The monoisotopic (exact) mass is 213 g/mol. The van der Waals surface area contributed by atoms with Crippen LogP contribution >= 0.6 is 11.3 Å². The second-order valence-corrected chi connectivity index (χ2v) is 4.17. The highest BCUT2D eigenvalue weighted by atomic mass is 32.1.